The Bertz CT molecular complexity index is 730. The molecule has 0 radical (unpaired) electrons. The van der Waals surface area contributed by atoms with E-state index in [0.717, 1.165) is 0 Å². The molecule has 1 amide bonds. The van der Waals surface area contributed by atoms with E-state index in [-0.39, 0.29) is 10.8 Å². The van der Waals surface area contributed by atoms with Crippen LogP contribution < -0.4 is 5.32 Å². The molecule has 0 aliphatic heterocycles. The lowest BCUT2D eigenvalue weighted by Crippen LogP contribution is -2.30. The van der Waals surface area contributed by atoms with Crippen LogP contribution in [0.3, 0.4) is 0 Å². The molecule has 0 unspecified atom stereocenters. The first-order valence-electron chi connectivity index (χ1n) is 7.34. The SMILES string of the molecule is CCOCCCNC(=O)[C@H](C#N)c1nc2ccccc2nc1Cl. The van der Waals surface area contributed by atoms with Crippen LogP contribution >= 0.6 is 11.6 Å². The number of carbonyl (C=O) groups is 1. The summed E-state index contributed by atoms with van der Waals surface area (Å²) in [4.78, 5) is 20.7. The van der Waals surface area contributed by atoms with E-state index in [1.54, 1.807) is 12.1 Å². The van der Waals surface area contributed by atoms with Gasteiger partial charge in [0.1, 0.15) is 5.69 Å². The zero-order chi connectivity index (χ0) is 16.7. The topological polar surface area (TPSA) is 87.9 Å². The van der Waals surface area contributed by atoms with E-state index in [9.17, 15) is 10.1 Å². The van der Waals surface area contributed by atoms with E-state index in [1.165, 1.54) is 0 Å². The highest BCUT2D eigenvalue weighted by Crippen LogP contribution is 2.23. The number of halogens is 1. The van der Waals surface area contributed by atoms with Gasteiger partial charge in [-0.05, 0) is 25.5 Å². The normalized spacial score (nSPS) is 11.9. The Balaban J connectivity index is 2.12. The fourth-order valence-corrected chi connectivity index (χ4v) is 2.29. The Labute approximate surface area is 139 Å². The van der Waals surface area contributed by atoms with Crippen molar-refractivity contribution < 1.29 is 9.53 Å². The van der Waals surface area contributed by atoms with Crippen LogP contribution in [0.25, 0.3) is 11.0 Å². The molecule has 0 fully saturated rings. The number of hydrogen-bond donors (Lipinski definition) is 1. The smallest absolute Gasteiger partial charge is 0.243 e. The molecular formula is C16H17ClN4O2. The van der Waals surface area contributed by atoms with Crippen molar-refractivity contribution in [1.29, 1.82) is 5.26 Å². The molecule has 2 rings (SSSR count). The van der Waals surface area contributed by atoms with Crippen molar-refractivity contribution in [2.45, 2.75) is 19.3 Å². The third kappa shape index (κ3) is 4.38. The van der Waals surface area contributed by atoms with Gasteiger partial charge >= 0.3 is 0 Å². The van der Waals surface area contributed by atoms with Gasteiger partial charge in [0.2, 0.25) is 5.91 Å². The molecule has 1 aromatic carbocycles. The number of nitriles is 1. The lowest BCUT2D eigenvalue weighted by atomic mass is 10.1. The molecule has 1 atom stereocenters. The van der Waals surface area contributed by atoms with Crippen molar-refractivity contribution in [2.24, 2.45) is 0 Å². The van der Waals surface area contributed by atoms with Crippen LogP contribution in [0.4, 0.5) is 0 Å². The molecule has 0 spiro atoms. The molecular weight excluding hydrogens is 316 g/mol. The lowest BCUT2D eigenvalue weighted by molar-refractivity contribution is -0.121. The molecule has 7 heteroatoms. The number of amides is 1. The van der Waals surface area contributed by atoms with Crippen LogP contribution in [0.5, 0.6) is 0 Å². The zero-order valence-electron chi connectivity index (χ0n) is 12.8. The van der Waals surface area contributed by atoms with E-state index in [4.69, 9.17) is 16.3 Å². The van der Waals surface area contributed by atoms with Crippen molar-refractivity contribution >= 4 is 28.5 Å². The van der Waals surface area contributed by atoms with Gasteiger partial charge < -0.3 is 10.1 Å². The Kier molecular flexibility index (Phi) is 6.27. The maximum Gasteiger partial charge on any atom is 0.243 e. The Hall–Kier alpha value is -2.23. The maximum atomic E-state index is 12.2. The number of benzene rings is 1. The lowest BCUT2D eigenvalue weighted by Gasteiger charge is -2.11. The molecule has 6 nitrogen and oxygen atoms in total. The molecule has 0 bridgehead atoms. The number of nitrogens with one attached hydrogen (secondary N) is 1. The highest BCUT2D eigenvalue weighted by Gasteiger charge is 2.25. The maximum absolute atomic E-state index is 12.2. The molecule has 0 saturated carbocycles. The van der Waals surface area contributed by atoms with Gasteiger partial charge in [0.25, 0.3) is 0 Å². The second-order valence-electron chi connectivity index (χ2n) is 4.79. The van der Waals surface area contributed by atoms with Crippen molar-refractivity contribution in [3.8, 4) is 6.07 Å². The minimum atomic E-state index is -1.09. The number of rotatable bonds is 7. The fourth-order valence-electron chi connectivity index (χ4n) is 2.05. The van der Waals surface area contributed by atoms with E-state index < -0.39 is 11.8 Å². The highest BCUT2D eigenvalue weighted by atomic mass is 35.5. The van der Waals surface area contributed by atoms with Crippen LogP contribution in [0.2, 0.25) is 5.15 Å². The third-order valence-electron chi connectivity index (χ3n) is 3.19. The zero-order valence-corrected chi connectivity index (χ0v) is 13.5. The summed E-state index contributed by atoms with van der Waals surface area (Å²) in [6, 6.07) is 9.11. The molecule has 2 aromatic rings. The van der Waals surface area contributed by atoms with Crippen LogP contribution in [-0.4, -0.2) is 35.6 Å². The third-order valence-corrected chi connectivity index (χ3v) is 3.46. The van der Waals surface area contributed by atoms with E-state index in [2.05, 4.69) is 15.3 Å². The number of carbonyl (C=O) groups excluding carboxylic acids is 1. The molecule has 0 aliphatic carbocycles. The predicted octanol–water partition coefficient (Wildman–Crippen LogP) is 2.43. The number of hydrogen-bond acceptors (Lipinski definition) is 5. The van der Waals surface area contributed by atoms with Crippen molar-refractivity contribution in [3.63, 3.8) is 0 Å². The van der Waals surface area contributed by atoms with E-state index in [1.807, 2.05) is 25.1 Å². The summed E-state index contributed by atoms with van der Waals surface area (Å²) in [6.45, 7) is 3.53. The summed E-state index contributed by atoms with van der Waals surface area (Å²) in [5.41, 5.74) is 1.39. The van der Waals surface area contributed by atoms with Crippen molar-refractivity contribution in [3.05, 3.63) is 35.1 Å². The first kappa shape index (κ1) is 17.1. The van der Waals surface area contributed by atoms with Crippen LogP contribution in [0.15, 0.2) is 24.3 Å². The monoisotopic (exact) mass is 332 g/mol. The summed E-state index contributed by atoms with van der Waals surface area (Å²) in [5, 5.41) is 12.1. The number of para-hydroxylation sites is 2. The molecule has 1 N–H and O–H groups in total. The highest BCUT2D eigenvalue weighted by molar-refractivity contribution is 6.30. The van der Waals surface area contributed by atoms with Gasteiger partial charge in [0.15, 0.2) is 11.1 Å². The molecule has 1 heterocycles. The van der Waals surface area contributed by atoms with Gasteiger partial charge in [-0.1, -0.05) is 23.7 Å². The Morgan fingerprint density at radius 2 is 2.09 bits per heavy atom. The largest absolute Gasteiger partial charge is 0.382 e. The van der Waals surface area contributed by atoms with Gasteiger partial charge in [-0.2, -0.15) is 5.26 Å². The minimum absolute atomic E-state index is 0.0692. The summed E-state index contributed by atoms with van der Waals surface area (Å²) in [5.74, 6) is -1.53. The quantitative estimate of drug-likeness (QED) is 0.787. The van der Waals surface area contributed by atoms with E-state index in [0.29, 0.717) is 37.2 Å². The van der Waals surface area contributed by atoms with Crippen molar-refractivity contribution in [1.82, 2.24) is 15.3 Å². The van der Waals surface area contributed by atoms with Crippen molar-refractivity contribution in [2.75, 3.05) is 19.8 Å². The number of fused-ring (bicyclic) bond motifs is 1. The van der Waals surface area contributed by atoms with Crippen LogP contribution in [-0.2, 0) is 9.53 Å². The van der Waals surface area contributed by atoms with Gasteiger partial charge in [-0.25, -0.2) is 9.97 Å². The average molecular weight is 333 g/mol. The Morgan fingerprint density at radius 1 is 1.39 bits per heavy atom. The van der Waals surface area contributed by atoms with Crippen LogP contribution in [0, 0.1) is 11.3 Å². The first-order chi connectivity index (χ1) is 11.2. The van der Waals surface area contributed by atoms with Gasteiger partial charge in [-0.15, -0.1) is 0 Å². The fraction of sp³-hybridized carbons (Fsp3) is 0.375. The second-order valence-corrected chi connectivity index (χ2v) is 5.15. The summed E-state index contributed by atoms with van der Waals surface area (Å²) >= 11 is 6.10. The van der Waals surface area contributed by atoms with Gasteiger partial charge in [-0.3, -0.25) is 4.79 Å². The molecule has 23 heavy (non-hydrogen) atoms. The van der Waals surface area contributed by atoms with Crippen LogP contribution in [0.1, 0.15) is 25.0 Å². The van der Waals surface area contributed by atoms with Gasteiger partial charge in [0, 0.05) is 19.8 Å². The molecule has 1 aromatic heterocycles. The van der Waals surface area contributed by atoms with E-state index >= 15 is 0 Å². The standard InChI is InChI=1S/C16H17ClN4O2/c1-2-23-9-5-8-19-16(22)11(10-18)14-15(17)21-13-7-4-3-6-12(13)20-14/h3-4,6-7,11H,2,5,8-9H2,1H3,(H,19,22)/t11-/m1/s1. The predicted molar refractivity (Wildman–Crippen MR) is 87.0 cm³/mol. The molecule has 0 aliphatic rings. The number of nitrogens with zero attached hydrogens (tertiary/aromatic N) is 3. The van der Waals surface area contributed by atoms with Gasteiger partial charge in [0.05, 0.1) is 17.1 Å². The summed E-state index contributed by atoms with van der Waals surface area (Å²) in [7, 11) is 0. The summed E-state index contributed by atoms with van der Waals surface area (Å²) < 4.78 is 5.19. The molecule has 0 saturated heterocycles. The second kappa shape index (κ2) is 8.42. The number of aromatic nitrogens is 2. The minimum Gasteiger partial charge on any atom is -0.382 e. The number of ether oxygens (including phenoxy) is 1. The molecule has 120 valence electrons. The first-order valence-corrected chi connectivity index (χ1v) is 7.72. The average Bonchev–Trinajstić information content (AvgIpc) is 2.55. The summed E-state index contributed by atoms with van der Waals surface area (Å²) in [6.07, 6.45) is 0.675. The Morgan fingerprint density at radius 3 is 2.74 bits per heavy atom.